The number of carbonyl (C=O) groups excluding carboxylic acids is 1. The summed E-state index contributed by atoms with van der Waals surface area (Å²) >= 11 is 0. The highest BCUT2D eigenvalue weighted by molar-refractivity contribution is 5.81. The lowest BCUT2D eigenvalue weighted by Gasteiger charge is -2.24. The fourth-order valence-electron chi connectivity index (χ4n) is 1.90. The van der Waals surface area contributed by atoms with E-state index in [4.69, 9.17) is 10.00 Å². The van der Waals surface area contributed by atoms with Crippen LogP contribution in [0.3, 0.4) is 0 Å². The Morgan fingerprint density at radius 3 is 2.20 bits per heavy atom. The maximum absolute atomic E-state index is 12.0. The molecule has 0 saturated carbocycles. The van der Waals surface area contributed by atoms with Gasteiger partial charge in [0.05, 0.1) is 11.6 Å². The number of nitrogens with zero attached hydrogens (tertiary/aromatic N) is 1. The number of amides is 1. The standard InChI is InChI=1S/C16H22N2O2/c1-10-7-13(9-17)8-11(2)14(10)20-12(3)15(19)18-16(4,5)6/h7-8,12H,1-6H3,(H,18,19). The molecule has 0 aliphatic rings. The third-order valence-electron chi connectivity index (χ3n) is 2.75. The zero-order chi connectivity index (χ0) is 15.5. The van der Waals surface area contributed by atoms with E-state index in [0.717, 1.165) is 11.1 Å². The first kappa shape index (κ1) is 16.0. The molecule has 0 radical (unpaired) electrons. The predicted molar refractivity (Wildman–Crippen MR) is 78.6 cm³/mol. The Bertz CT molecular complexity index is 528. The molecule has 1 atom stereocenters. The van der Waals surface area contributed by atoms with Crippen molar-refractivity contribution in [1.82, 2.24) is 5.32 Å². The van der Waals surface area contributed by atoms with Gasteiger partial charge in [-0.15, -0.1) is 0 Å². The van der Waals surface area contributed by atoms with Crippen LogP contribution >= 0.6 is 0 Å². The number of carbonyl (C=O) groups is 1. The number of benzene rings is 1. The molecule has 0 heterocycles. The van der Waals surface area contributed by atoms with Crippen LogP contribution in [-0.4, -0.2) is 17.6 Å². The number of aryl methyl sites for hydroxylation is 2. The van der Waals surface area contributed by atoms with Crippen molar-refractivity contribution < 1.29 is 9.53 Å². The van der Waals surface area contributed by atoms with Crippen molar-refractivity contribution in [3.05, 3.63) is 28.8 Å². The van der Waals surface area contributed by atoms with Gasteiger partial charge in [0.25, 0.3) is 5.91 Å². The number of ether oxygens (including phenoxy) is 1. The van der Waals surface area contributed by atoms with Crippen LogP contribution in [0.2, 0.25) is 0 Å². The molecule has 0 spiro atoms. The molecule has 1 rings (SSSR count). The summed E-state index contributed by atoms with van der Waals surface area (Å²) < 4.78 is 5.76. The van der Waals surface area contributed by atoms with E-state index >= 15 is 0 Å². The fraction of sp³-hybridized carbons (Fsp3) is 0.500. The summed E-state index contributed by atoms with van der Waals surface area (Å²) in [5, 5.41) is 11.8. The van der Waals surface area contributed by atoms with Crippen molar-refractivity contribution in [2.45, 2.75) is 53.2 Å². The molecule has 20 heavy (non-hydrogen) atoms. The lowest BCUT2D eigenvalue weighted by Crippen LogP contribution is -2.46. The lowest BCUT2D eigenvalue weighted by atomic mass is 10.1. The Labute approximate surface area is 120 Å². The van der Waals surface area contributed by atoms with Crippen LogP contribution in [0.1, 0.15) is 44.4 Å². The van der Waals surface area contributed by atoms with Crippen LogP contribution in [-0.2, 0) is 4.79 Å². The maximum atomic E-state index is 12.0. The molecular formula is C16H22N2O2. The molecule has 0 aromatic heterocycles. The molecule has 1 amide bonds. The molecule has 4 heteroatoms. The van der Waals surface area contributed by atoms with Crippen molar-refractivity contribution in [1.29, 1.82) is 5.26 Å². The van der Waals surface area contributed by atoms with Crippen molar-refractivity contribution in [2.75, 3.05) is 0 Å². The Morgan fingerprint density at radius 1 is 1.30 bits per heavy atom. The average molecular weight is 274 g/mol. The summed E-state index contributed by atoms with van der Waals surface area (Å²) in [6.07, 6.45) is -0.584. The van der Waals surface area contributed by atoms with Crippen LogP contribution in [0.25, 0.3) is 0 Å². The first-order valence-corrected chi connectivity index (χ1v) is 6.64. The Balaban J connectivity index is 2.89. The van der Waals surface area contributed by atoms with Crippen molar-refractivity contribution >= 4 is 5.91 Å². The minimum Gasteiger partial charge on any atom is -0.480 e. The van der Waals surface area contributed by atoms with E-state index in [1.54, 1.807) is 19.1 Å². The average Bonchev–Trinajstić information content (AvgIpc) is 2.30. The lowest BCUT2D eigenvalue weighted by molar-refractivity contribution is -0.128. The third-order valence-corrected chi connectivity index (χ3v) is 2.75. The van der Waals surface area contributed by atoms with E-state index in [-0.39, 0.29) is 11.4 Å². The van der Waals surface area contributed by atoms with Gasteiger partial charge in [0, 0.05) is 5.54 Å². The molecular weight excluding hydrogens is 252 g/mol. The summed E-state index contributed by atoms with van der Waals surface area (Å²) in [5.74, 6) is 0.515. The van der Waals surface area contributed by atoms with Gasteiger partial charge in [-0.05, 0) is 64.8 Å². The number of hydrogen-bond donors (Lipinski definition) is 1. The molecule has 4 nitrogen and oxygen atoms in total. The Hall–Kier alpha value is -2.02. The highest BCUT2D eigenvalue weighted by Crippen LogP contribution is 2.25. The second-order valence-electron chi connectivity index (χ2n) is 6.05. The predicted octanol–water partition coefficient (Wildman–Crippen LogP) is 2.86. The minimum absolute atomic E-state index is 0.152. The molecule has 108 valence electrons. The molecule has 1 aromatic carbocycles. The third kappa shape index (κ3) is 4.27. The monoisotopic (exact) mass is 274 g/mol. The smallest absolute Gasteiger partial charge is 0.261 e. The normalized spacial score (nSPS) is 12.4. The van der Waals surface area contributed by atoms with Gasteiger partial charge in [0.2, 0.25) is 0 Å². The first-order chi connectivity index (χ1) is 9.14. The summed E-state index contributed by atoms with van der Waals surface area (Å²) in [6.45, 7) is 11.2. The van der Waals surface area contributed by atoms with Gasteiger partial charge in [-0.3, -0.25) is 4.79 Å². The number of rotatable bonds is 3. The summed E-state index contributed by atoms with van der Waals surface area (Å²) in [7, 11) is 0. The molecule has 1 aromatic rings. The van der Waals surface area contributed by atoms with Crippen molar-refractivity contribution in [3.8, 4) is 11.8 Å². The quantitative estimate of drug-likeness (QED) is 0.922. The minimum atomic E-state index is -0.584. The molecule has 1 unspecified atom stereocenters. The van der Waals surface area contributed by atoms with Crippen molar-refractivity contribution in [2.24, 2.45) is 0 Å². The van der Waals surface area contributed by atoms with Crippen LogP contribution in [0, 0.1) is 25.2 Å². The molecule has 1 N–H and O–H groups in total. The molecule has 0 bridgehead atoms. The topological polar surface area (TPSA) is 62.1 Å². The van der Waals surface area contributed by atoms with E-state index < -0.39 is 6.10 Å². The van der Waals surface area contributed by atoms with E-state index in [1.165, 1.54) is 0 Å². The SMILES string of the molecule is Cc1cc(C#N)cc(C)c1OC(C)C(=O)NC(C)(C)C. The van der Waals surface area contributed by atoms with E-state index in [9.17, 15) is 4.79 Å². The summed E-state index contributed by atoms with van der Waals surface area (Å²) in [5.41, 5.74) is 2.02. The number of nitrogens with one attached hydrogen (secondary N) is 1. The van der Waals surface area contributed by atoms with Crippen LogP contribution in [0.5, 0.6) is 5.75 Å². The second kappa shape index (κ2) is 5.96. The number of nitriles is 1. The fourth-order valence-corrected chi connectivity index (χ4v) is 1.90. The molecule has 0 saturated heterocycles. The zero-order valence-corrected chi connectivity index (χ0v) is 13.0. The second-order valence-corrected chi connectivity index (χ2v) is 6.05. The maximum Gasteiger partial charge on any atom is 0.261 e. The first-order valence-electron chi connectivity index (χ1n) is 6.64. The van der Waals surface area contributed by atoms with Gasteiger partial charge in [-0.1, -0.05) is 0 Å². The van der Waals surface area contributed by atoms with Crippen LogP contribution in [0.15, 0.2) is 12.1 Å². The van der Waals surface area contributed by atoms with Crippen LogP contribution < -0.4 is 10.1 Å². The van der Waals surface area contributed by atoms with Gasteiger partial charge in [-0.2, -0.15) is 5.26 Å². The van der Waals surface area contributed by atoms with Gasteiger partial charge in [0.1, 0.15) is 5.75 Å². The highest BCUT2D eigenvalue weighted by Gasteiger charge is 2.21. The summed E-state index contributed by atoms with van der Waals surface area (Å²) in [4.78, 5) is 12.0. The van der Waals surface area contributed by atoms with Crippen molar-refractivity contribution in [3.63, 3.8) is 0 Å². The highest BCUT2D eigenvalue weighted by atomic mass is 16.5. The van der Waals surface area contributed by atoms with E-state index in [2.05, 4.69) is 11.4 Å². The zero-order valence-electron chi connectivity index (χ0n) is 13.0. The van der Waals surface area contributed by atoms with E-state index in [0.29, 0.717) is 11.3 Å². The molecule has 0 fully saturated rings. The van der Waals surface area contributed by atoms with Gasteiger partial charge < -0.3 is 10.1 Å². The molecule has 0 aliphatic heterocycles. The molecule has 0 aliphatic carbocycles. The van der Waals surface area contributed by atoms with Gasteiger partial charge in [-0.25, -0.2) is 0 Å². The van der Waals surface area contributed by atoms with Crippen LogP contribution in [0.4, 0.5) is 0 Å². The Morgan fingerprint density at radius 2 is 1.80 bits per heavy atom. The summed E-state index contributed by atoms with van der Waals surface area (Å²) in [6, 6.07) is 5.63. The van der Waals surface area contributed by atoms with E-state index in [1.807, 2.05) is 34.6 Å². The Kier molecular flexibility index (Phi) is 4.78. The van der Waals surface area contributed by atoms with Gasteiger partial charge >= 0.3 is 0 Å². The van der Waals surface area contributed by atoms with Gasteiger partial charge in [0.15, 0.2) is 6.10 Å². The largest absolute Gasteiger partial charge is 0.480 e. The number of hydrogen-bond acceptors (Lipinski definition) is 3.